The lowest BCUT2D eigenvalue weighted by molar-refractivity contribution is -0.136. The molecule has 0 bridgehead atoms. The lowest BCUT2D eigenvalue weighted by atomic mass is 10.1. The van der Waals surface area contributed by atoms with E-state index in [4.69, 9.17) is 5.73 Å². The second kappa shape index (κ2) is 6.93. The maximum absolute atomic E-state index is 12.2. The molecule has 0 aliphatic carbocycles. The number of nitrogens with two attached hydrogens (primary N) is 1. The van der Waals surface area contributed by atoms with Crippen LogP contribution in [0.4, 0.5) is 13.2 Å². The fraction of sp³-hybridized carbons (Fsp3) is 0.769. The van der Waals surface area contributed by atoms with Crippen molar-refractivity contribution in [3.63, 3.8) is 0 Å². The van der Waals surface area contributed by atoms with Crippen molar-refractivity contribution >= 4 is 0 Å². The Labute approximate surface area is 112 Å². The highest BCUT2D eigenvalue weighted by molar-refractivity contribution is 5.27. The summed E-state index contributed by atoms with van der Waals surface area (Å²) in [6.45, 7) is 4.85. The molecular weight excluding hydrogens is 255 g/mol. The van der Waals surface area contributed by atoms with E-state index >= 15 is 0 Å². The Bertz CT molecular complexity index is 397. The van der Waals surface area contributed by atoms with Crippen molar-refractivity contribution in [1.82, 2.24) is 9.78 Å². The normalized spacial score (nSPS) is 12.1. The van der Waals surface area contributed by atoms with Crippen molar-refractivity contribution in [2.24, 2.45) is 5.73 Å². The summed E-state index contributed by atoms with van der Waals surface area (Å²) < 4.78 is 38.2. The van der Waals surface area contributed by atoms with Gasteiger partial charge in [0.25, 0.3) is 0 Å². The van der Waals surface area contributed by atoms with Crippen molar-refractivity contribution in [2.45, 2.75) is 58.7 Å². The molecule has 0 atom stereocenters. The highest BCUT2D eigenvalue weighted by Crippen LogP contribution is 2.23. The van der Waals surface area contributed by atoms with E-state index in [1.54, 1.807) is 4.68 Å². The van der Waals surface area contributed by atoms with Gasteiger partial charge in [-0.25, -0.2) is 0 Å². The van der Waals surface area contributed by atoms with Crippen LogP contribution in [0.2, 0.25) is 0 Å². The second-order valence-corrected chi connectivity index (χ2v) is 4.56. The van der Waals surface area contributed by atoms with Gasteiger partial charge in [-0.05, 0) is 37.8 Å². The molecule has 0 saturated heterocycles. The first kappa shape index (κ1) is 16.0. The lowest BCUT2D eigenvalue weighted by Gasteiger charge is -2.09. The van der Waals surface area contributed by atoms with Gasteiger partial charge in [0.05, 0.1) is 5.69 Å². The summed E-state index contributed by atoms with van der Waals surface area (Å²) in [6, 6.07) is 0. The van der Waals surface area contributed by atoms with E-state index in [1.807, 2.05) is 13.8 Å². The van der Waals surface area contributed by atoms with Gasteiger partial charge in [-0.2, -0.15) is 18.3 Å². The van der Waals surface area contributed by atoms with Gasteiger partial charge in [0, 0.05) is 18.7 Å². The zero-order chi connectivity index (χ0) is 14.5. The molecule has 1 aromatic rings. The molecule has 19 heavy (non-hydrogen) atoms. The number of alkyl halides is 3. The molecule has 1 aromatic heterocycles. The standard InChI is InChI=1S/C13H22F3N3/c1-3-11-10(6-8-17)12(4-2)19(18-11)9-5-7-13(14,15)16/h3-9,17H2,1-2H3. The van der Waals surface area contributed by atoms with Crippen molar-refractivity contribution in [3.05, 3.63) is 17.0 Å². The van der Waals surface area contributed by atoms with Gasteiger partial charge < -0.3 is 5.73 Å². The number of halogens is 3. The second-order valence-electron chi connectivity index (χ2n) is 4.56. The molecule has 1 heterocycles. The summed E-state index contributed by atoms with van der Waals surface area (Å²) in [7, 11) is 0. The highest BCUT2D eigenvalue weighted by atomic mass is 19.4. The number of aryl methyl sites for hydroxylation is 2. The Morgan fingerprint density at radius 2 is 1.89 bits per heavy atom. The van der Waals surface area contributed by atoms with E-state index in [1.165, 1.54) is 0 Å². The molecule has 0 fully saturated rings. The van der Waals surface area contributed by atoms with Crippen LogP contribution in [-0.4, -0.2) is 22.5 Å². The van der Waals surface area contributed by atoms with Crippen LogP contribution in [0.1, 0.15) is 43.6 Å². The summed E-state index contributed by atoms with van der Waals surface area (Å²) >= 11 is 0. The molecule has 3 nitrogen and oxygen atoms in total. The third-order valence-corrected chi connectivity index (χ3v) is 3.14. The van der Waals surface area contributed by atoms with Crippen molar-refractivity contribution in [2.75, 3.05) is 6.54 Å². The average molecular weight is 277 g/mol. The third kappa shape index (κ3) is 4.53. The van der Waals surface area contributed by atoms with E-state index in [2.05, 4.69) is 5.10 Å². The summed E-state index contributed by atoms with van der Waals surface area (Å²) in [6.07, 6.45) is -2.48. The van der Waals surface area contributed by atoms with Gasteiger partial charge in [0.15, 0.2) is 0 Å². The van der Waals surface area contributed by atoms with E-state index in [-0.39, 0.29) is 6.42 Å². The topological polar surface area (TPSA) is 43.8 Å². The molecule has 0 spiro atoms. The van der Waals surface area contributed by atoms with Crippen LogP contribution in [0.25, 0.3) is 0 Å². The fourth-order valence-corrected chi connectivity index (χ4v) is 2.32. The SMILES string of the molecule is CCc1nn(CCCC(F)(F)F)c(CC)c1CCN. The maximum Gasteiger partial charge on any atom is 0.389 e. The van der Waals surface area contributed by atoms with Crippen LogP contribution in [-0.2, 0) is 25.8 Å². The summed E-state index contributed by atoms with van der Waals surface area (Å²) in [5, 5.41) is 4.43. The Balaban J connectivity index is 2.82. The number of hydrogen-bond acceptors (Lipinski definition) is 2. The smallest absolute Gasteiger partial charge is 0.330 e. The van der Waals surface area contributed by atoms with Crippen LogP contribution in [0.5, 0.6) is 0 Å². The monoisotopic (exact) mass is 277 g/mol. The summed E-state index contributed by atoms with van der Waals surface area (Å²) in [5.41, 5.74) is 8.71. The quantitative estimate of drug-likeness (QED) is 0.833. The van der Waals surface area contributed by atoms with Gasteiger partial charge in [-0.1, -0.05) is 13.8 Å². The Hall–Kier alpha value is -1.04. The molecular formula is C13H22F3N3. The van der Waals surface area contributed by atoms with E-state index in [0.29, 0.717) is 13.1 Å². The minimum absolute atomic E-state index is 0.0728. The molecule has 0 aliphatic rings. The molecule has 0 aliphatic heterocycles. The highest BCUT2D eigenvalue weighted by Gasteiger charge is 2.26. The molecule has 110 valence electrons. The fourth-order valence-electron chi connectivity index (χ4n) is 2.32. The Morgan fingerprint density at radius 3 is 2.37 bits per heavy atom. The number of aromatic nitrogens is 2. The number of rotatable bonds is 7. The number of nitrogens with zero attached hydrogens (tertiary/aromatic N) is 2. The van der Waals surface area contributed by atoms with Crippen LogP contribution in [0.3, 0.4) is 0 Å². The van der Waals surface area contributed by atoms with Gasteiger partial charge in [-0.15, -0.1) is 0 Å². The molecule has 1 rings (SSSR count). The van der Waals surface area contributed by atoms with Gasteiger partial charge >= 0.3 is 6.18 Å². The van der Waals surface area contributed by atoms with Gasteiger partial charge in [0.2, 0.25) is 0 Å². The minimum atomic E-state index is -4.09. The van der Waals surface area contributed by atoms with Crippen molar-refractivity contribution in [3.8, 4) is 0 Å². The minimum Gasteiger partial charge on any atom is -0.330 e. The first-order valence-electron chi connectivity index (χ1n) is 6.77. The molecule has 0 unspecified atom stereocenters. The van der Waals surface area contributed by atoms with E-state index < -0.39 is 12.6 Å². The van der Waals surface area contributed by atoms with Crippen LogP contribution in [0.15, 0.2) is 0 Å². The zero-order valence-electron chi connectivity index (χ0n) is 11.6. The first-order valence-corrected chi connectivity index (χ1v) is 6.77. The molecule has 0 radical (unpaired) electrons. The predicted molar refractivity (Wildman–Crippen MR) is 69.0 cm³/mol. The third-order valence-electron chi connectivity index (χ3n) is 3.14. The summed E-state index contributed by atoms with van der Waals surface area (Å²) in [5.74, 6) is 0. The zero-order valence-corrected chi connectivity index (χ0v) is 11.6. The largest absolute Gasteiger partial charge is 0.389 e. The van der Waals surface area contributed by atoms with Crippen molar-refractivity contribution in [1.29, 1.82) is 0 Å². The van der Waals surface area contributed by atoms with Gasteiger partial charge in [-0.3, -0.25) is 4.68 Å². The lowest BCUT2D eigenvalue weighted by Crippen LogP contribution is -2.12. The first-order chi connectivity index (χ1) is 8.92. The molecule has 0 saturated carbocycles. The molecule has 0 aromatic carbocycles. The number of hydrogen-bond donors (Lipinski definition) is 1. The van der Waals surface area contributed by atoms with Crippen LogP contribution in [0, 0.1) is 0 Å². The Morgan fingerprint density at radius 1 is 1.21 bits per heavy atom. The van der Waals surface area contributed by atoms with E-state index in [9.17, 15) is 13.2 Å². The predicted octanol–water partition coefficient (Wildman–Crippen LogP) is 2.85. The van der Waals surface area contributed by atoms with E-state index in [0.717, 1.165) is 36.2 Å². The molecule has 0 amide bonds. The van der Waals surface area contributed by atoms with Gasteiger partial charge in [0.1, 0.15) is 0 Å². The van der Waals surface area contributed by atoms with Crippen LogP contribution >= 0.6 is 0 Å². The van der Waals surface area contributed by atoms with Crippen LogP contribution < -0.4 is 5.73 Å². The summed E-state index contributed by atoms with van der Waals surface area (Å²) in [4.78, 5) is 0. The molecule has 2 N–H and O–H groups in total. The Kier molecular flexibility index (Phi) is 5.85. The molecule has 6 heteroatoms. The maximum atomic E-state index is 12.2. The van der Waals surface area contributed by atoms with Crippen molar-refractivity contribution < 1.29 is 13.2 Å². The average Bonchev–Trinajstić information content (AvgIpc) is 2.65.